The third-order valence-electron chi connectivity index (χ3n) is 4.94. The molecule has 1 aliphatic heterocycles. The van der Waals surface area contributed by atoms with E-state index in [1.165, 1.54) is 10.5 Å². The SMILES string of the molecule is CC(C)c1ccc(NC(=O)C[NH+]2CCN(c3ccccc3Cl)CC2)cc1. The molecule has 2 aromatic rings. The van der Waals surface area contributed by atoms with Gasteiger partial charge in [0.25, 0.3) is 5.91 Å². The number of piperazine rings is 1. The maximum absolute atomic E-state index is 12.3. The van der Waals surface area contributed by atoms with E-state index in [0.29, 0.717) is 12.5 Å². The zero-order valence-electron chi connectivity index (χ0n) is 15.5. The van der Waals surface area contributed by atoms with Gasteiger partial charge in [-0.1, -0.05) is 49.7 Å². The van der Waals surface area contributed by atoms with Crippen LogP contribution in [-0.2, 0) is 4.79 Å². The van der Waals surface area contributed by atoms with E-state index in [1.54, 1.807) is 0 Å². The Balaban J connectivity index is 1.48. The summed E-state index contributed by atoms with van der Waals surface area (Å²) in [6.45, 7) is 8.53. The smallest absolute Gasteiger partial charge is 0.279 e. The number of hydrogen-bond acceptors (Lipinski definition) is 2. The number of hydrogen-bond donors (Lipinski definition) is 2. The molecule has 0 aliphatic carbocycles. The van der Waals surface area contributed by atoms with Crippen molar-refractivity contribution in [3.8, 4) is 0 Å². The number of carbonyl (C=O) groups excluding carboxylic acids is 1. The van der Waals surface area contributed by atoms with E-state index in [2.05, 4.69) is 42.3 Å². The minimum Gasteiger partial charge on any atom is -0.359 e. The van der Waals surface area contributed by atoms with Crippen LogP contribution in [0.1, 0.15) is 25.3 Å². The fourth-order valence-corrected chi connectivity index (χ4v) is 3.59. The highest BCUT2D eigenvalue weighted by molar-refractivity contribution is 6.33. The van der Waals surface area contributed by atoms with Crippen LogP contribution in [0.15, 0.2) is 48.5 Å². The lowest BCUT2D eigenvalue weighted by atomic mass is 10.0. The van der Waals surface area contributed by atoms with Crippen molar-refractivity contribution in [3.05, 3.63) is 59.1 Å². The average molecular weight is 373 g/mol. The average Bonchev–Trinajstić information content (AvgIpc) is 2.63. The Morgan fingerprint density at radius 1 is 1.12 bits per heavy atom. The van der Waals surface area contributed by atoms with E-state index < -0.39 is 0 Å². The van der Waals surface area contributed by atoms with E-state index >= 15 is 0 Å². The van der Waals surface area contributed by atoms with Crippen molar-refractivity contribution in [1.82, 2.24) is 0 Å². The Hall–Kier alpha value is -2.04. The highest BCUT2D eigenvalue weighted by Gasteiger charge is 2.23. The summed E-state index contributed by atoms with van der Waals surface area (Å²) in [5.74, 6) is 0.571. The second-order valence-corrected chi connectivity index (χ2v) is 7.60. The Labute approximate surface area is 160 Å². The fraction of sp³-hybridized carbons (Fsp3) is 0.381. The lowest BCUT2D eigenvalue weighted by Crippen LogP contribution is -3.15. The molecule has 1 fully saturated rings. The first-order valence-electron chi connectivity index (χ1n) is 9.26. The molecule has 4 nitrogen and oxygen atoms in total. The largest absolute Gasteiger partial charge is 0.359 e. The molecule has 138 valence electrons. The minimum absolute atomic E-state index is 0.0727. The number of amides is 1. The number of nitrogens with one attached hydrogen (secondary N) is 2. The number of nitrogens with zero attached hydrogens (tertiary/aromatic N) is 1. The quantitative estimate of drug-likeness (QED) is 0.846. The van der Waals surface area contributed by atoms with Crippen LogP contribution < -0.4 is 15.1 Å². The number of carbonyl (C=O) groups is 1. The number of para-hydroxylation sites is 1. The van der Waals surface area contributed by atoms with Crippen molar-refractivity contribution in [2.75, 3.05) is 42.9 Å². The van der Waals surface area contributed by atoms with Crippen molar-refractivity contribution < 1.29 is 9.69 Å². The Morgan fingerprint density at radius 2 is 1.77 bits per heavy atom. The Bertz CT molecular complexity index is 737. The number of halogens is 1. The van der Waals surface area contributed by atoms with Crippen LogP contribution in [0.3, 0.4) is 0 Å². The summed E-state index contributed by atoms with van der Waals surface area (Å²) in [7, 11) is 0. The van der Waals surface area contributed by atoms with Gasteiger partial charge in [0.05, 0.1) is 36.9 Å². The summed E-state index contributed by atoms with van der Waals surface area (Å²) in [6, 6.07) is 16.1. The molecule has 2 aromatic carbocycles. The maximum Gasteiger partial charge on any atom is 0.279 e. The summed E-state index contributed by atoms with van der Waals surface area (Å²) >= 11 is 6.29. The molecule has 1 heterocycles. The van der Waals surface area contributed by atoms with E-state index in [-0.39, 0.29) is 5.91 Å². The van der Waals surface area contributed by atoms with E-state index in [9.17, 15) is 4.79 Å². The predicted molar refractivity (Wildman–Crippen MR) is 108 cm³/mol. The molecule has 5 heteroatoms. The molecule has 0 saturated carbocycles. The lowest BCUT2D eigenvalue weighted by Gasteiger charge is -2.33. The standard InChI is InChI=1S/C21H26ClN3O/c1-16(2)17-7-9-18(10-8-17)23-21(26)15-24-11-13-25(14-12-24)20-6-4-3-5-19(20)22/h3-10,16H,11-15H2,1-2H3,(H,23,26)/p+1. The van der Waals surface area contributed by atoms with Gasteiger partial charge in [-0.15, -0.1) is 0 Å². The van der Waals surface area contributed by atoms with Gasteiger partial charge >= 0.3 is 0 Å². The molecule has 1 aliphatic rings. The van der Waals surface area contributed by atoms with Crippen LogP contribution in [0.25, 0.3) is 0 Å². The van der Waals surface area contributed by atoms with Gasteiger partial charge in [0.2, 0.25) is 0 Å². The molecule has 0 unspecified atom stereocenters. The molecule has 0 radical (unpaired) electrons. The molecule has 2 N–H and O–H groups in total. The zero-order valence-corrected chi connectivity index (χ0v) is 16.2. The van der Waals surface area contributed by atoms with Crippen LogP contribution in [0.2, 0.25) is 5.02 Å². The number of benzene rings is 2. The van der Waals surface area contributed by atoms with E-state index in [0.717, 1.165) is 42.6 Å². The Kier molecular flexibility index (Phi) is 6.17. The number of quaternary nitrogens is 1. The molecule has 0 bridgehead atoms. The Morgan fingerprint density at radius 3 is 2.38 bits per heavy atom. The first-order chi connectivity index (χ1) is 12.5. The second-order valence-electron chi connectivity index (χ2n) is 7.19. The van der Waals surface area contributed by atoms with Crippen LogP contribution in [0.5, 0.6) is 0 Å². The van der Waals surface area contributed by atoms with Gasteiger partial charge in [-0.05, 0) is 35.7 Å². The normalized spacial score (nSPS) is 15.3. The summed E-state index contributed by atoms with van der Waals surface area (Å²) in [4.78, 5) is 15.9. The lowest BCUT2D eigenvalue weighted by molar-refractivity contribution is -0.892. The summed E-state index contributed by atoms with van der Waals surface area (Å²) < 4.78 is 0. The zero-order chi connectivity index (χ0) is 18.5. The molecule has 26 heavy (non-hydrogen) atoms. The third-order valence-corrected chi connectivity index (χ3v) is 5.25. The van der Waals surface area contributed by atoms with E-state index in [4.69, 9.17) is 11.6 Å². The van der Waals surface area contributed by atoms with Gasteiger partial charge in [-0.3, -0.25) is 4.79 Å². The van der Waals surface area contributed by atoms with Gasteiger partial charge < -0.3 is 15.1 Å². The molecule has 3 rings (SSSR count). The highest BCUT2D eigenvalue weighted by Crippen LogP contribution is 2.24. The highest BCUT2D eigenvalue weighted by atomic mass is 35.5. The van der Waals surface area contributed by atoms with Crippen molar-refractivity contribution in [3.63, 3.8) is 0 Å². The van der Waals surface area contributed by atoms with Gasteiger partial charge in [-0.25, -0.2) is 0 Å². The fourth-order valence-electron chi connectivity index (χ4n) is 3.33. The predicted octanol–water partition coefficient (Wildman–Crippen LogP) is 2.81. The van der Waals surface area contributed by atoms with Crippen LogP contribution >= 0.6 is 11.6 Å². The van der Waals surface area contributed by atoms with E-state index in [1.807, 2.05) is 30.3 Å². The van der Waals surface area contributed by atoms with Crippen molar-refractivity contribution in [2.24, 2.45) is 0 Å². The van der Waals surface area contributed by atoms with Crippen molar-refractivity contribution in [2.45, 2.75) is 19.8 Å². The monoisotopic (exact) mass is 372 g/mol. The first-order valence-corrected chi connectivity index (χ1v) is 9.63. The second kappa shape index (κ2) is 8.56. The molecular weight excluding hydrogens is 346 g/mol. The number of rotatable bonds is 5. The summed E-state index contributed by atoms with van der Waals surface area (Å²) in [6.07, 6.45) is 0. The maximum atomic E-state index is 12.3. The van der Waals surface area contributed by atoms with Crippen molar-refractivity contribution >= 4 is 28.9 Å². The summed E-state index contributed by atoms with van der Waals surface area (Å²) in [5.41, 5.74) is 3.24. The van der Waals surface area contributed by atoms with Crippen LogP contribution in [0, 0.1) is 0 Å². The molecular formula is C21H27ClN3O+. The third kappa shape index (κ3) is 4.77. The van der Waals surface area contributed by atoms with Crippen LogP contribution in [-0.4, -0.2) is 38.6 Å². The number of anilines is 2. The topological polar surface area (TPSA) is 36.8 Å². The molecule has 1 saturated heterocycles. The van der Waals surface area contributed by atoms with Gasteiger partial charge in [0.15, 0.2) is 6.54 Å². The molecule has 0 spiro atoms. The van der Waals surface area contributed by atoms with Crippen molar-refractivity contribution in [1.29, 1.82) is 0 Å². The van der Waals surface area contributed by atoms with Gasteiger partial charge in [0, 0.05) is 5.69 Å². The molecule has 0 aromatic heterocycles. The minimum atomic E-state index is 0.0727. The molecule has 0 atom stereocenters. The van der Waals surface area contributed by atoms with Gasteiger partial charge in [-0.2, -0.15) is 0 Å². The summed E-state index contributed by atoms with van der Waals surface area (Å²) in [5, 5.41) is 3.80. The molecule has 1 amide bonds. The first kappa shape index (κ1) is 18.7. The van der Waals surface area contributed by atoms with Gasteiger partial charge in [0.1, 0.15) is 0 Å². The van der Waals surface area contributed by atoms with Crippen LogP contribution in [0.4, 0.5) is 11.4 Å².